The van der Waals surface area contributed by atoms with E-state index in [0.717, 1.165) is 9.52 Å². The Bertz CT molecular complexity index is 1920. The molecule has 0 fully saturated rings. The first kappa shape index (κ1) is 34.9. The molecule has 0 heterocycles. The van der Waals surface area contributed by atoms with Gasteiger partial charge in [-0.15, -0.1) is 68.6 Å². The Morgan fingerprint density at radius 3 is 1.71 bits per heavy atom. The van der Waals surface area contributed by atoms with Crippen molar-refractivity contribution in [2.75, 3.05) is 0 Å². The Kier molecular flexibility index (Phi) is 13.7. The maximum atomic E-state index is 4.93. The predicted octanol–water partition coefficient (Wildman–Crippen LogP) is 13.2. The molecule has 7 aromatic carbocycles. The third-order valence-corrected chi connectivity index (χ3v) is 7.52. The van der Waals surface area contributed by atoms with E-state index in [9.17, 15) is 0 Å². The first-order chi connectivity index (χ1) is 21.9. The molecule has 0 spiro atoms. The van der Waals surface area contributed by atoms with Gasteiger partial charge in [0.2, 0.25) is 0 Å². The number of halogens is 2. The Hall–Kier alpha value is -3.00. The van der Waals surface area contributed by atoms with Gasteiger partial charge in [0.25, 0.3) is 0 Å². The van der Waals surface area contributed by atoms with Crippen LogP contribution >= 0.6 is 17.0 Å². The molecule has 0 aliphatic carbocycles. The van der Waals surface area contributed by atoms with Crippen molar-refractivity contribution in [3.8, 4) is 33.4 Å². The van der Waals surface area contributed by atoms with E-state index in [4.69, 9.17) is 17.0 Å². The summed E-state index contributed by atoms with van der Waals surface area (Å²) in [6, 6.07) is 50.0. The minimum absolute atomic E-state index is 0.826. The molecule has 0 nitrogen and oxygen atoms in total. The van der Waals surface area contributed by atoms with Crippen LogP contribution in [0.4, 0.5) is 0 Å². The van der Waals surface area contributed by atoms with Gasteiger partial charge >= 0.3 is 37.9 Å². The van der Waals surface area contributed by atoms with Crippen molar-refractivity contribution in [2.24, 2.45) is 0 Å². The molecule has 0 bridgehead atoms. The van der Waals surface area contributed by atoms with Crippen LogP contribution < -0.4 is 0 Å². The molecule has 0 amide bonds. The molecule has 0 aliphatic rings. The fourth-order valence-corrected chi connectivity index (χ4v) is 5.55. The second-order valence-electron chi connectivity index (χ2n) is 11.0. The maximum absolute atomic E-state index is 4.93. The third kappa shape index (κ3) is 9.27. The Labute approximate surface area is 290 Å². The van der Waals surface area contributed by atoms with E-state index in [2.05, 4.69) is 173 Å². The van der Waals surface area contributed by atoms with Crippen LogP contribution in [0, 0.1) is 20.8 Å². The number of fused-ring (bicyclic) bond motifs is 2. The van der Waals surface area contributed by atoms with Crippen molar-refractivity contribution < 1.29 is 20.8 Å². The van der Waals surface area contributed by atoms with Gasteiger partial charge in [-0.3, -0.25) is 0 Å². The zero-order chi connectivity index (χ0) is 32.2. The van der Waals surface area contributed by atoms with E-state index in [0.29, 0.717) is 0 Å². The molecule has 45 heavy (non-hydrogen) atoms. The first-order valence-electron chi connectivity index (χ1n) is 15.0. The van der Waals surface area contributed by atoms with Gasteiger partial charge in [0, 0.05) is 9.52 Å². The van der Waals surface area contributed by atoms with Crippen LogP contribution in [0.3, 0.4) is 0 Å². The summed E-state index contributed by atoms with van der Waals surface area (Å²) in [4.78, 5) is 0. The Morgan fingerprint density at radius 1 is 0.556 bits per heavy atom. The zero-order valence-corrected chi connectivity index (χ0v) is 31.5. The number of hydrogen-bond donors (Lipinski definition) is 0. The summed E-state index contributed by atoms with van der Waals surface area (Å²) < 4.78 is 0. The number of hydrogen-bond acceptors (Lipinski definition) is 0. The fourth-order valence-electron chi connectivity index (χ4n) is 5.55. The van der Waals surface area contributed by atoms with E-state index in [1.54, 1.807) is 0 Å². The van der Waals surface area contributed by atoms with Crippen molar-refractivity contribution in [2.45, 2.75) is 33.9 Å². The summed E-state index contributed by atoms with van der Waals surface area (Å²) in [7, 11) is 11.0. The van der Waals surface area contributed by atoms with Gasteiger partial charge in [-0.2, -0.15) is 6.07 Å². The molecule has 7 aromatic rings. The van der Waals surface area contributed by atoms with Crippen LogP contribution in [-0.2, 0) is 20.8 Å². The van der Waals surface area contributed by atoms with E-state index < -0.39 is 20.8 Å². The Balaban J connectivity index is 0.000000179. The molecule has 0 saturated carbocycles. The standard InChI is InChI=1S/C22H17.C17H15.C2H6Si.2ClH.Zr/c1-16-7-5-10-18(13-16)20-14-19-11-6-12-21(22(19)15-20)17-8-3-2-4-9-17;1-12-10-16-13(2)8-9-15(17(16)11-12)14-6-4-3-5-7-14;1-3-2;;;/h2-15H,1H3;3-11H,1-2H3;1-2H3;2*1H;/q2*-1;;;;+4/p-2. The fraction of sp³-hybridized carbons (Fsp3) is 0.122. The summed E-state index contributed by atoms with van der Waals surface area (Å²) in [5.74, 6) is 0. The van der Waals surface area contributed by atoms with Crippen LogP contribution in [0.2, 0.25) is 13.1 Å². The minimum atomic E-state index is -0.826. The van der Waals surface area contributed by atoms with Crippen molar-refractivity contribution in [1.82, 2.24) is 0 Å². The number of benzene rings is 5. The van der Waals surface area contributed by atoms with Gasteiger partial charge in [-0.1, -0.05) is 152 Å². The van der Waals surface area contributed by atoms with Gasteiger partial charge in [0.1, 0.15) is 0 Å². The van der Waals surface area contributed by atoms with Gasteiger partial charge < -0.3 is 0 Å². The summed E-state index contributed by atoms with van der Waals surface area (Å²) in [5.41, 5.74) is 11.8. The average molecular weight is 721 g/mol. The van der Waals surface area contributed by atoms with Gasteiger partial charge in [-0.25, -0.2) is 0 Å². The van der Waals surface area contributed by atoms with Crippen molar-refractivity contribution in [3.63, 3.8) is 0 Å². The van der Waals surface area contributed by atoms with Crippen molar-refractivity contribution in [3.05, 3.63) is 156 Å². The number of rotatable bonds is 3. The van der Waals surface area contributed by atoms with Crippen LogP contribution in [0.25, 0.3) is 54.9 Å². The topological polar surface area (TPSA) is 0 Å². The average Bonchev–Trinajstić information content (AvgIpc) is 3.68. The molecule has 7 rings (SSSR count). The molecule has 4 heteroatoms. The summed E-state index contributed by atoms with van der Waals surface area (Å²) in [6.07, 6.45) is 0. The molecule has 0 N–H and O–H groups in total. The molecule has 0 unspecified atom stereocenters. The molecule has 0 aromatic heterocycles. The molecule has 0 aliphatic heterocycles. The Morgan fingerprint density at radius 2 is 1.11 bits per heavy atom. The monoisotopic (exact) mass is 718 g/mol. The van der Waals surface area contributed by atoms with Crippen LogP contribution in [0.15, 0.2) is 140 Å². The van der Waals surface area contributed by atoms with Gasteiger partial charge in [0.15, 0.2) is 0 Å². The first-order valence-corrected chi connectivity index (χ1v) is 23.3. The normalized spacial score (nSPS) is 10.1. The van der Waals surface area contributed by atoms with Gasteiger partial charge in [-0.05, 0) is 18.1 Å². The second-order valence-corrected chi connectivity index (χ2v) is 15.7. The van der Waals surface area contributed by atoms with Gasteiger partial charge in [0.05, 0.1) is 0 Å². The second kappa shape index (κ2) is 17.6. The summed E-state index contributed by atoms with van der Waals surface area (Å²) >= 11 is -0.826. The zero-order valence-electron chi connectivity index (χ0n) is 26.5. The molecular formula is C41H38Cl2SiZr. The van der Waals surface area contributed by atoms with E-state index in [-0.39, 0.29) is 0 Å². The van der Waals surface area contributed by atoms with Crippen molar-refractivity contribution in [1.29, 1.82) is 0 Å². The van der Waals surface area contributed by atoms with E-state index >= 15 is 0 Å². The molecule has 0 saturated heterocycles. The number of aryl methyl sites for hydroxylation is 3. The summed E-state index contributed by atoms with van der Waals surface area (Å²) in [5, 5.41) is 5.38. The van der Waals surface area contributed by atoms with E-state index in [1.807, 2.05) is 0 Å². The van der Waals surface area contributed by atoms with E-state index in [1.165, 1.54) is 71.6 Å². The van der Waals surface area contributed by atoms with Crippen LogP contribution in [0.5, 0.6) is 0 Å². The third-order valence-electron chi connectivity index (χ3n) is 7.52. The predicted molar refractivity (Wildman–Crippen MR) is 199 cm³/mol. The quantitative estimate of drug-likeness (QED) is 0.126. The van der Waals surface area contributed by atoms with Crippen LogP contribution in [0.1, 0.15) is 16.7 Å². The molecule has 224 valence electrons. The summed E-state index contributed by atoms with van der Waals surface area (Å²) in [6.45, 7) is 10.8. The van der Waals surface area contributed by atoms with Crippen LogP contribution in [-0.4, -0.2) is 9.52 Å². The molecular weight excluding hydrogens is 683 g/mol. The molecule has 2 radical (unpaired) electrons. The van der Waals surface area contributed by atoms with Crippen molar-refractivity contribution >= 4 is 48.1 Å². The molecule has 0 atom stereocenters. The SMILES string of the molecule is C[Si]C.Cc1cc2c(-c3ccccc3)ccc(C)c2[cH-]1.Cc1cccc(-c2cc3c(-c4ccccc4)cccc3[cH-]2)c1.[Cl][Zr+2][Cl].